The van der Waals surface area contributed by atoms with Gasteiger partial charge in [-0.3, -0.25) is 14.5 Å². The van der Waals surface area contributed by atoms with Gasteiger partial charge in [0.2, 0.25) is 0 Å². The average molecular weight is 545 g/mol. The Balaban J connectivity index is 1.65. The van der Waals surface area contributed by atoms with Gasteiger partial charge in [-0.05, 0) is 53.8 Å². The number of thiazole rings is 1. The number of carbonyl (C=O) groups excluding carboxylic acids is 2. The van der Waals surface area contributed by atoms with Crippen molar-refractivity contribution in [2.24, 2.45) is 0 Å². The predicted molar refractivity (Wildman–Crippen MR) is 152 cm³/mol. The van der Waals surface area contributed by atoms with Gasteiger partial charge in [0, 0.05) is 5.56 Å². The van der Waals surface area contributed by atoms with Crippen LogP contribution >= 0.6 is 11.3 Å². The number of nitrogens with zero attached hydrogens (tertiary/aromatic N) is 2. The fourth-order valence-electron chi connectivity index (χ4n) is 4.62. The molecule has 0 radical (unpaired) electrons. The Labute approximate surface area is 230 Å². The zero-order chi connectivity index (χ0) is 27.7. The van der Waals surface area contributed by atoms with Crippen LogP contribution in [0.2, 0.25) is 0 Å². The molecule has 3 aromatic carbocycles. The maximum absolute atomic E-state index is 13.9. The van der Waals surface area contributed by atoms with Crippen molar-refractivity contribution in [2.45, 2.75) is 45.6 Å². The van der Waals surface area contributed by atoms with Gasteiger partial charge in [0.1, 0.15) is 17.3 Å². The molecule has 1 aliphatic heterocycles. The molecule has 1 aromatic heterocycles. The summed E-state index contributed by atoms with van der Waals surface area (Å²) in [6.45, 7) is 6.76. The molecule has 8 heteroatoms. The number of aliphatic hydroxyl groups is 1. The topological polar surface area (TPSA) is 79.7 Å². The molecule has 0 saturated carbocycles. The number of anilines is 1. The van der Waals surface area contributed by atoms with Crippen LogP contribution in [0, 0.1) is 5.82 Å². The standard InChI is InChI=1S/C31H29FN2O4S/c1-4-5-15-38-23-8-6-7-21(16-23)28(35)26-27(20-11-9-19(10-12-20)18(2)3)34(30(37)29(26)36)31-33-24-14-13-22(32)17-25(24)39-31/h6-14,16-18,27,35H,4-5,15H2,1-3H3/b28-26+. The highest BCUT2D eigenvalue weighted by molar-refractivity contribution is 7.22. The zero-order valence-electron chi connectivity index (χ0n) is 22.0. The van der Waals surface area contributed by atoms with Crippen LogP contribution in [0.1, 0.15) is 62.3 Å². The summed E-state index contributed by atoms with van der Waals surface area (Å²) in [6, 6.07) is 17.8. The molecular formula is C31H29FN2O4S. The first kappa shape index (κ1) is 26.6. The quantitative estimate of drug-likeness (QED) is 0.108. The number of hydrogen-bond donors (Lipinski definition) is 1. The Morgan fingerprint density at radius 3 is 2.59 bits per heavy atom. The van der Waals surface area contributed by atoms with E-state index in [1.54, 1.807) is 24.3 Å². The second-order valence-electron chi connectivity index (χ2n) is 9.83. The van der Waals surface area contributed by atoms with Crippen LogP contribution in [0.3, 0.4) is 0 Å². The maximum atomic E-state index is 13.9. The third kappa shape index (κ3) is 5.16. The van der Waals surface area contributed by atoms with Gasteiger partial charge in [0.25, 0.3) is 5.78 Å². The van der Waals surface area contributed by atoms with E-state index >= 15 is 0 Å². The highest BCUT2D eigenvalue weighted by Gasteiger charge is 2.48. The van der Waals surface area contributed by atoms with Gasteiger partial charge in [-0.25, -0.2) is 9.37 Å². The van der Waals surface area contributed by atoms with Gasteiger partial charge in [-0.2, -0.15) is 0 Å². The van der Waals surface area contributed by atoms with E-state index in [0.717, 1.165) is 29.7 Å². The number of ketones is 1. The van der Waals surface area contributed by atoms with E-state index in [9.17, 15) is 19.1 Å². The Morgan fingerprint density at radius 2 is 1.87 bits per heavy atom. The molecular weight excluding hydrogens is 515 g/mol. The number of aromatic nitrogens is 1. The minimum absolute atomic E-state index is 0.0339. The lowest BCUT2D eigenvalue weighted by Crippen LogP contribution is -2.29. The van der Waals surface area contributed by atoms with Crippen LogP contribution < -0.4 is 9.64 Å². The van der Waals surface area contributed by atoms with E-state index in [1.165, 1.54) is 23.1 Å². The van der Waals surface area contributed by atoms with Crippen molar-refractivity contribution in [1.82, 2.24) is 4.98 Å². The molecule has 1 aliphatic rings. The van der Waals surface area contributed by atoms with Gasteiger partial charge in [0.05, 0.1) is 28.4 Å². The third-order valence-electron chi connectivity index (χ3n) is 6.78. The number of carbonyl (C=O) groups is 2. The second kappa shape index (κ2) is 11.0. The lowest BCUT2D eigenvalue weighted by atomic mass is 9.93. The summed E-state index contributed by atoms with van der Waals surface area (Å²) < 4.78 is 20.2. The van der Waals surface area contributed by atoms with Gasteiger partial charge in [-0.15, -0.1) is 0 Å². The number of ether oxygens (including phenoxy) is 1. The van der Waals surface area contributed by atoms with Gasteiger partial charge < -0.3 is 9.84 Å². The Hall–Kier alpha value is -4.04. The lowest BCUT2D eigenvalue weighted by Gasteiger charge is -2.23. The minimum Gasteiger partial charge on any atom is -0.507 e. The van der Waals surface area contributed by atoms with Gasteiger partial charge in [-0.1, -0.05) is 74.9 Å². The van der Waals surface area contributed by atoms with Crippen LogP contribution in [-0.2, 0) is 9.59 Å². The van der Waals surface area contributed by atoms with E-state index in [1.807, 2.05) is 24.3 Å². The molecule has 5 rings (SSSR count). The molecule has 200 valence electrons. The smallest absolute Gasteiger partial charge is 0.301 e. The maximum Gasteiger partial charge on any atom is 0.301 e. The molecule has 1 atom stereocenters. The fourth-order valence-corrected chi connectivity index (χ4v) is 5.64. The fraction of sp³-hybridized carbons (Fsp3) is 0.258. The van der Waals surface area contributed by atoms with E-state index in [4.69, 9.17) is 4.74 Å². The number of unbranched alkanes of at least 4 members (excludes halogenated alkanes) is 1. The SMILES string of the molecule is CCCCOc1cccc(/C(O)=C2\C(=O)C(=O)N(c3nc4ccc(F)cc4s3)C2c2ccc(C(C)C)cc2)c1. The van der Waals surface area contributed by atoms with E-state index in [-0.39, 0.29) is 16.5 Å². The monoisotopic (exact) mass is 544 g/mol. The summed E-state index contributed by atoms with van der Waals surface area (Å²) in [6.07, 6.45) is 1.87. The summed E-state index contributed by atoms with van der Waals surface area (Å²) in [5, 5.41) is 11.7. The lowest BCUT2D eigenvalue weighted by molar-refractivity contribution is -0.132. The molecule has 0 spiro atoms. The summed E-state index contributed by atoms with van der Waals surface area (Å²) in [5.41, 5.74) is 2.61. The Morgan fingerprint density at radius 1 is 1.10 bits per heavy atom. The van der Waals surface area contributed by atoms with Crippen molar-refractivity contribution in [2.75, 3.05) is 11.5 Å². The molecule has 2 heterocycles. The molecule has 0 aliphatic carbocycles. The van der Waals surface area contributed by atoms with Crippen molar-refractivity contribution >= 4 is 44.1 Å². The van der Waals surface area contributed by atoms with E-state index < -0.39 is 23.5 Å². The summed E-state index contributed by atoms with van der Waals surface area (Å²) in [5.74, 6) is -1.46. The molecule has 1 fully saturated rings. The first-order valence-electron chi connectivity index (χ1n) is 13.0. The van der Waals surface area contributed by atoms with Crippen LogP contribution in [0.5, 0.6) is 5.75 Å². The molecule has 1 amide bonds. The van der Waals surface area contributed by atoms with Crippen LogP contribution in [-0.4, -0.2) is 28.4 Å². The van der Waals surface area contributed by atoms with Crippen LogP contribution in [0.25, 0.3) is 16.0 Å². The van der Waals surface area contributed by atoms with Crippen LogP contribution in [0.15, 0.2) is 72.3 Å². The molecule has 6 nitrogen and oxygen atoms in total. The zero-order valence-corrected chi connectivity index (χ0v) is 22.8. The minimum atomic E-state index is -0.915. The largest absolute Gasteiger partial charge is 0.507 e. The highest BCUT2D eigenvalue weighted by Crippen LogP contribution is 2.44. The number of halogens is 1. The number of hydrogen-bond acceptors (Lipinski definition) is 6. The summed E-state index contributed by atoms with van der Waals surface area (Å²) in [7, 11) is 0. The number of rotatable bonds is 8. The highest BCUT2D eigenvalue weighted by atomic mass is 32.1. The van der Waals surface area contributed by atoms with Gasteiger partial charge >= 0.3 is 5.91 Å². The summed E-state index contributed by atoms with van der Waals surface area (Å²) in [4.78, 5) is 32.9. The molecule has 1 saturated heterocycles. The molecule has 4 aromatic rings. The number of aliphatic hydroxyl groups excluding tert-OH is 1. The first-order chi connectivity index (χ1) is 18.8. The van der Waals surface area contributed by atoms with Crippen molar-refractivity contribution < 1.29 is 23.8 Å². The number of Topliss-reactive ketones (excluding diaryl/α,β-unsaturated/α-hetero) is 1. The van der Waals surface area contributed by atoms with E-state index in [0.29, 0.717) is 39.6 Å². The van der Waals surface area contributed by atoms with Crippen molar-refractivity contribution in [3.8, 4) is 5.75 Å². The molecule has 1 unspecified atom stereocenters. The molecule has 1 N–H and O–H groups in total. The van der Waals surface area contributed by atoms with Gasteiger partial charge in [0.15, 0.2) is 5.13 Å². The third-order valence-corrected chi connectivity index (χ3v) is 7.80. The number of fused-ring (bicyclic) bond motifs is 1. The molecule has 39 heavy (non-hydrogen) atoms. The van der Waals surface area contributed by atoms with Crippen molar-refractivity contribution in [3.63, 3.8) is 0 Å². The van der Waals surface area contributed by atoms with Crippen molar-refractivity contribution in [1.29, 1.82) is 0 Å². The second-order valence-corrected chi connectivity index (χ2v) is 10.8. The molecule has 0 bridgehead atoms. The van der Waals surface area contributed by atoms with Crippen LogP contribution in [0.4, 0.5) is 9.52 Å². The number of amides is 1. The average Bonchev–Trinajstić information content (AvgIpc) is 3.46. The van der Waals surface area contributed by atoms with Crippen molar-refractivity contribution in [3.05, 3.63) is 94.8 Å². The first-order valence-corrected chi connectivity index (χ1v) is 13.8. The Kier molecular flexibility index (Phi) is 7.48. The van der Waals surface area contributed by atoms with E-state index in [2.05, 4.69) is 25.8 Å². The Bertz CT molecular complexity index is 1580. The summed E-state index contributed by atoms with van der Waals surface area (Å²) >= 11 is 1.12. The normalized spacial score (nSPS) is 16.9. The predicted octanol–water partition coefficient (Wildman–Crippen LogP) is 7.36. The number of benzene rings is 3.